The van der Waals surface area contributed by atoms with Crippen LogP contribution in [0, 0.1) is 0 Å². The van der Waals surface area contributed by atoms with E-state index in [1.54, 1.807) is 36.7 Å². The first-order valence-corrected chi connectivity index (χ1v) is 4.76. The molecular weight excluding hydrogens is 212 g/mol. The molecule has 0 amide bonds. The van der Waals surface area contributed by atoms with Crippen molar-refractivity contribution >= 4 is 17.3 Å². The molecule has 0 saturated carbocycles. The van der Waals surface area contributed by atoms with Crippen LogP contribution in [0.5, 0.6) is 11.5 Å². The molecule has 1 heterocycles. The summed E-state index contributed by atoms with van der Waals surface area (Å²) >= 11 is 5.86. The zero-order valence-corrected chi connectivity index (χ0v) is 8.61. The predicted molar refractivity (Wildman–Crippen MR) is 60.2 cm³/mol. The van der Waals surface area contributed by atoms with Gasteiger partial charge in [0.2, 0.25) is 0 Å². The molecule has 0 unspecified atom stereocenters. The standard InChI is InChI=1S/C11H9ClN2O/c12-10-6-8(3-4-11(10)13)15-9-2-1-5-14-7-9/h1-7H,13H2. The summed E-state index contributed by atoms with van der Waals surface area (Å²) in [7, 11) is 0. The minimum atomic E-state index is 0.483. The number of hydrogen-bond acceptors (Lipinski definition) is 3. The van der Waals surface area contributed by atoms with Crippen LogP contribution in [-0.4, -0.2) is 4.98 Å². The molecule has 2 rings (SSSR count). The van der Waals surface area contributed by atoms with Crippen LogP contribution in [-0.2, 0) is 0 Å². The van der Waals surface area contributed by atoms with Crippen molar-refractivity contribution in [2.24, 2.45) is 0 Å². The molecule has 1 aromatic heterocycles. The Bertz CT molecular complexity index is 459. The van der Waals surface area contributed by atoms with Crippen LogP contribution < -0.4 is 10.5 Å². The third-order valence-electron chi connectivity index (χ3n) is 1.84. The molecule has 0 aliphatic carbocycles. The summed E-state index contributed by atoms with van der Waals surface area (Å²) in [5.74, 6) is 1.31. The van der Waals surface area contributed by atoms with Gasteiger partial charge in [-0.05, 0) is 24.3 Å². The van der Waals surface area contributed by atoms with Crippen LogP contribution in [0.1, 0.15) is 0 Å². The number of nitrogens with two attached hydrogens (primary N) is 1. The van der Waals surface area contributed by atoms with Crippen molar-refractivity contribution in [3.05, 3.63) is 47.7 Å². The molecular formula is C11H9ClN2O. The quantitative estimate of drug-likeness (QED) is 0.792. The van der Waals surface area contributed by atoms with E-state index in [-0.39, 0.29) is 0 Å². The Hall–Kier alpha value is -1.74. The van der Waals surface area contributed by atoms with Crippen LogP contribution in [0.2, 0.25) is 5.02 Å². The van der Waals surface area contributed by atoms with Gasteiger partial charge in [0.25, 0.3) is 0 Å². The van der Waals surface area contributed by atoms with E-state index in [1.165, 1.54) is 0 Å². The first-order valence-electron chi connectivity index (χ1n) is 4.38. The summed E-state index contributed by atoms with van der Waals surface area (Å²) in [6, 6.07) is 8.75. The second kappa shape index (κ2) is 4.19. The van der Waals surface area contributed by atoms with Crippen LogP contribution in [0.15, 0.2) is 42.7 Å². The van der Waals surface area contributed by atoms with Gasteiger partial charge >= 0.3 is 0 Å². The molecule has 4 heteroatoms. The van der Waals surface area contributed by atoms with E-state index in [4.69, 9.17) is 22.1 Å². The number of nitrogen functional groups attached to an aromatic ring is 1. The average molecular weight is 221 g/mol. The second-order valence-electron chi connectivity index (χ2n) is 2.97. The van der Waals surface area contributed by atoms with Crippen molar-refractivity contribution in [3.63, 3.8) is 0 Å². The van der Waals surface area contributed by atoms with E-state index in [0.717, 1.165) is 0 Å². The molecule has 0 bridgehead atoms. The molecule has 0 spiro atoms. The van der Waals surface area contributed by atoms with Gasteiger partial charge < -0.3 is 10.5 Å². The van der Waals surface area contributed by atoms with Crippen LogP contribution in [0.3, 0.4) is 0 Å². The van der Waals surface area contributed by atoms with Crippen molar-refractivity contribution in [3.8, 4) is 11.5 Å². The Labute approximate surface area is 92.5 Å². The number of halogens is 1. The Morgan fingerprint density at radius 1 is 1.20 bits per heavy atom. The molecule has 3 nitrogen and oxygen atoms in total. The molecule has 0 aliphatic heterocycles. The van der Waals surface area contributed by atoms with E-state index in [1.807, 2.05) is 6.07 Å². The zero-order valence-electron chi connectivity index (χ0n) is 7.85. The maximum atomic E-state index is 5.86. The number of hydrogen-bond donors (Lipinski definition) is 1. The van der Waals surface area contributed by atoms with E-state index in [9.17, 15) is 0 Å². The van der Waals surface area contributed by atoms with Gasteiger partial charge in [-0.1, -0.05) is 11.6 Å². The lowest BCUT2D eigenvalue weighted by Crippen LogP contribution is -1.88. The molecule has 0 aliphatic rings. The Morgan fingerprint density at radius 3 is 2.73 bits per heavy atom. The lowest BCUT2D eigenvalue weighted by molar-refractivity contribution is 0.480. The van der Waals surface area contributed by atoms with Gasteiger partial charge in [-0.3, -0.25) is 4.98 Å². The topological polar surface area (TPSA) is 48.1 Å². The number of ether oxygens (including phenoxy) is 1. The van der Waals surface area contributed by atoms with E-state index in [0.29, 0.717) is 22.2 Å². The fourth-order valence-electron chi connectivity index (χ4n) is 1.11. The third-order valence-corrected chi connectivity index (χ3v) is 2.17. The largest absolute Gasteiger partial charge is 0.456 e. The first-order chi connectivity index (χ1) is 7.25. The van der Waals surface area contributed by atoms with Gasteiger partial charge in [-0.2, -0.15) is 0 Å². The SMILES string of the molecule is Nc1ccc(Oc2cccnc2)cc1Cl. The van der Waals surface area contributed by atoms with Crippen molar-refractivity contribution in [2.75, 3.05) is 5.73 Å². The van der Waals surface area contributed by atoms with Crippen LogP contribution in [0.4, 0.5) is 5.69 Å². The number of anilines is 1. The molecule has 76 valence electrons. The van der Waals surface area contributed by atoms with Gasteiger partial charge in [-0.25, -0.2) is 0 Å². The van der Waals surface area contributed by atoms with Gasteiger partial charge in [-0.15, -0.1) is 0 Å². The number of aromatic nitrogens is 1. The highest BCUT2D eigenvalue weighted by atomic mass is 35.5. The summed E-state index contributed by atoms with van der Waals surface area (Å²) in [4.78, 5) is 3.94. The Morgan fingerprint density at radius 2 is 2.07 bits per heavy atom. The highest BCUT2D eigenvalue weighted by Crippen LogP contribution is 2.27. The normalized spacial score (nSPS) is 9.93. The summed E-state index contributed by atoms with van der Waals surface area (Å²) in [6.07, 6.45) is 3.31. The molecule has 0 atom stereocenters. The first kappa shape index (κ1) is 9.80. The van der Waals surface area contributed by atoms with E-state index >= 15 is 0 Å². The van der Waals surface area contributed by atoms with Crippen molar-refractivity contribution in [2.45, 2.75) is 0 Å². The van der Waals surface area contributed by atoms with E-state index in [2.05, 4.69) is 4.98 Å². The number of nitrogens with zero attached hydrogens (tertiary/aromatic N) is 1. The maximum Gasteiger partial charge on any atom is 0.145 e. The highest BCUT2D eigenvalue weighted by Gasteiger charge is 2.00. The molecule has 2 N–H and O–H groups in total. The summed E-state index contributed by atoms with van der Waals surface area (Å²) in [5.41, 5.74) is 6.12. The van der Waals surface area contributed by atoms with Crippen LogP contribution in [0.25, 0.3) is 0 Å². The van der Waals surface area contributed by atoms with Crippen LogP contribution >= 0.6 is 11.6 Å². The summed E-state index contributed by atoms with van der Waals surface area (Å²) in [5, 5.41) is 0.483. The molecule has 0 saturated heterocycles. The van der Waals surface area contributed by atoms with Gasteiger partial charge in [0, 0.05) is 12.3 Å². The molecule has 15 heavy (non-hydrogen) atoms. The van der Waals surface area contributed by atoms with Gasteiger partial charge in [0.1, 0.15) is 11.5 Å². The lowest BCUT2D eigenvalue weighted by Gasteiger charge is -2.05. The number of benzene rings is 1. The zero-order chi connectivity index (χ0) is 10.7. The summed E-state index contributed by atoms with van der Waals surface area (Å²) < 4.78 is 5.51. The maximum absolute atomic E-state index is 5.86. The van der Waals surface area contributed by atoms with Gasteiger partial charge in [0.15, 0.2) is 0 Å². The predicted octanol–water partition coefficient (Wildman–Crippen LogP) is 3.11. The van der Waals surface area contributed by atoms with Crippen molar-refractivity contribution < 1.29 is 4.74 Å². The van der Waals surface area contributed by atoms with Gasteiger partial charge in [0.05, 0.1) is 16.9 Å². The summed E-state index contributed by atoms with van der Waals surface area (Å²) in [6.45, 7) is 0. The monoisotopic (exact) mass is 220 g/mol. The fourth-order valence-corrected chi connectivity index (χ4v) is 1.29. The van der Waals surface area contributed by atoms with Crippen molar-refractivity contribution in [1.82, 2.24) is 4.98 Å². The molecule has 0 radical (unpaired) electrons. The Balaban J connectivity index is 2.22. The van der Waals surface area contributed by atoms with E-state index < -0.39 is 0 Å². The fraction of sp³-hybridized carbons (Fsp3) is 0. The smallest absolute Gasteiger partial charge is 0.145 e. The average Bonchev–Trinajstić information content (AvgIpc) is 2.25. The number of rotatable bonds is 2. The Kier molecular flexibility index (Phi) is 2.74. The molecule has 2 aromatic rings. The minimum Gasteiger partial charge on any atom is -0.456 e. The second-order valence-corrected chi connectivity index (χ2v) is 3.38. The minimum absolute atomic E-state index is 0.483. The highest BCUT2D eigenvalue weighted by molar-refractivity contribution is 6.33. The third kappa shape index (κ3) is 2.39. The lowest BCUT2D eigenvalue weighted by atomic mass is 10.3. The van der Waals surface area contributed by atoms with Crippen molar-refractivity contribution in [1.29, 1.82) is 0 Å². The number of pyridine rings is 1. The molecule has 0 fully saturated rings. The molecule has 1 aromatic carbocycles.